The molecule has 0 aliphatic carbocycles. The summed E-state index contributed by atoms with van der Waals surface area (Å²) in [5.41, 5.74) is 0.461. The summed E-state index contributed by atoms with van der Waals surface area (Å²) in [6.45, 7) is 4.31. The monoisotopic (exact) mass is 254 g/mol. The van der Waals surface area contributed by atoms with Gasteiger partial charge in [0.15, 0.2) is 0 Å². The van der Waals surface area contributed by atoms with Crippen LogP contribution in [0.2, 0.25) is 5.02 Å². The average molecular weight is 255 g/mol. The number of aliphatic hydroxyl groups excluding tert-OH is 1. The second-order valence-electron chi connectivity index (χ2n) is 4.86. The van der Waals surface area contributed by atoms with Gasteiger partial charge in [-0.15, -0.1) is 0 Å². The number of furan rings is 1. The van der Waals surface area contributed by atoms with Gasteiger partial charge in [0.25, 0.3) is 5.95 Å². The van der Waals surface area contributed by atoms with Crippen LogP contribution in [0.4, 0.5) is 0 Å². The van der Waals surface area contributed by atoms with E-state index in [9.17, 15) is 0 Å². The normalized spacial score (nSPS) is 12.0. The fraction of sp³-hybridized carbons (Fsp3) is 0.385. The second kappa shape index (κ2) is 4.59. The predicted octanol–water partition coefficient (Wildman–Crippen LogP) is 3.48. The van der Waals surface area contributed by atoms with E-state index in [0.29, 0.717) is 17.6 Å². The van der Waals surface area contributed by atoms with Crippen molar-refractivity contribution in [1.82, 2.24) is 0 Å². The van der Waals surface area contributed by atoms with Crippen LogP contribution in [-0.4, -0.2) is 18.3 Å². The quantitative estimate of drug-likeness (QED) is 0.908. The van der Waals surface area contributed by atoms with Crippen molar-refractivity contribution in [3.8, 4) is 5.95 Å². The van der Waals surface area contributed by atoms with E-state index in [1.54, 1.807) is 12.1 Å². The Morgan fingerprint density at radius 3 is 2.82 bits per heavy atom. The van der Waals surface area contributed by atoms with Crippen molar-refractivity contribution in [2.75, 3.05) is 13.2 Å². The van der Waals surface area contributed by atoms with Crippen LogP contribution in [0.15, 0.2) is 28.7 Å². The molecule has 0 bridgehead atoms. The van der Waals surface area contributed by atoms with Crippen LogP contribution in [0, 0.1) is 5.41 Å². The first kappa shape index (κ1) is 12.3. The first-order valence-corrected chi connectivity index (χ1v) is 5.81. The average Bonchev–Trinajstić information content (AvgIpc) is 2.68. The third-order valence-corrected chi connectivity index (χ3v) is 2.72. The molecule has 0 aliphatic rings. The van der Waals surface area contributed by atoms with E-state index in [4.69, 9.17) is 25.9 Å². The van der Waals surface area contributed by atoms with Gasteiger partial charge in [-0.05, 0) is 18.2 Å². The highest BCUT2D eigenvalue weighted by Gasteiger charge is 2.18. The molecule has 92 valence electrons. The minimum absolute atomic E-state index is 0.0685. The van der Waals surface area contributed by atoms with Crippen molar-refractivity contribution in [3.63, 3.8) is 0 Å². The van der Waals surface area contributed by atoms with Crippen molar-refractivity contribution in [3.05, 3.63) is 29.3 Å². The third kappa shape index (κ3) is 2.93. The summed E-state index contributed by atoms with van der Waals surface area (Å²) < 4.78 is 11.0. The standard InChI is InChI=1S/C13H15ClO3/c1-13(2,7-15)8-16-12-6-9-5-10(14)3-4-11(9)17-12/h3-6,15H,7-8H2,1-2H3. The third-order valence-electron chi connectivity index (χ3n) is 2.49. The topological polar surface area (TPSA) is 42.6 Å². The smallest absolute Gasteiger partial charge is 0.285 e. The van der Waals surface area contributed by atoms with Crippen LogP contribution in [0.3, 0.4) is 0 Å². The van der Waals surface area contributed by atoms with Crippen molar-refractivity contribution in [1.29, 1.82) is 0 Å². The van der Waals surface area contributed by atoms with Crippen LogP contribution in [0.1, 0.15) is 13.8 Å². The molecular weight excluding hydrogens is 240 g/mol. The molecule has 1 aromatic heterocycles. The largest absolute Gasteiger partial charge is 0.464 e. The minimum Gasteiger partial charge on any atom is -0.464 e. The van der Waals surface area contributed by atoms with Gasteiger partial charge in [-0.1, -0.05) is 25.4 Å². The number of rotatable bonds is 4. The molecule has 0 atom stereocenters. The molecule has 1 N–H and O–H groups in total. The van der Waals surface area contributed by atoms with Gasteiger partial charge in [-0.3, -0.25) is 0 Å². The van der Waals surface area contributed by atoms with Gasteiger partial charge in [0.05, 0.1) is 13.2 Å². The highest BCUT2D eigenvalue weighted by Crippen LogP contribution is 2.28. The lowest BCUT2D eigenvalue weighted by Gasteiger charge is -2.20. The molecule has 0 radical (unpaired) electrons. The highest BCUT2D eigenvalue weighted by atomic mass is 35.5. The minimum atomic E-state index is -0.281. The Labute approximate surface area is 105 Å². The number of aliphatic hydroxyl groups is 1. The molecule has 0 saturated carbocycles. The van der Waals surface area contributed by atoms with E-state index >= 15 is 0 Å². The van der Waals surface area contributed by atoms with Crippen LogP contribution in [-0.2, 0) is 0 Å². The summed E-state index contributed by atoms with van der Waals surface area (Å²) in [5.74, 6) is 0.448. The molecule has 0 aliphatic heterocycles. The molecule has 0 fully saturated rings. The Morgan fingerprint density at radius 2 is 2.12 bits per heavy atom. The van der Waals surface area contributed by atoms with Crippen molar-refractivity contribution >= 4 is 22.6 Å². The van der Waals surface area contributed by atoms with Crippen molar-refractivity contribution < 1.29 is 14.3 Å². The lowest BCUT2D eigenvalue weighted by atomic mass is 9.97. The lowest BCUT2D eigenvalue weighted by molar-refractivity contribution is 0.0849. The molecule has 3 nitrogen and oxygen atoms in total. The maximum absolute atomic E-state index is 9.12. The Balaban J connectivity index is 2.15. The number of fused-ring (bicyclic) bond motifs is 1. The number of hydrogen-bond acceptors (Lipinski definition) is 3. The molecule has 0 saturated heterocycles. The van der Waals surface area contributed by atoms with E-state index in [0.717, 1.165) is 11.0 Å². The van der Waals surface area contributed by atoms with E-state index in [2.05, 4.69) is 0 Å². The molecule has 0 unspecified atom stereocenters. The maximum atomic E-state index is 9.12. The first-order valence-electron chi connectivity index (χ1n) is 5.43. The van der Waals surface area contributed by atoms with Gasteiger partial charge < -0.3 is 14.3 Å². The summed E-state index contributed by atoms with van der Waals surface area (Å²) >= 11 is 5.88. The summed E-state index contributed by atoms with van der Waals surface area (Å²) in [4.78, 5) is 0. The number of benzene rings is 1. The molecule has 0 spiro atoms. The molecular formula is C13H15ClO3. The molecule has 2 aromatic rings. The predicted molar refractivity (Wildman–Crippen MR) is 67.6 cm³/mol. The van der Waals surface area contributed by atoms with Gasteiger partial charge >= 0.3 is 0 Å². The van der Waals surface area contributed by atoms with E-state index in [-0.39, 0.29) is 12.0 Å². The Hall–Kier alpha value is -1.19. The Kier molecular flexibility index (Phi) is 3.31. The summed E-state index contributed by atoms with van der Waals surface area (Å²) in [7, 11) is 0. The zero-order chi connectivity index (χ0) is 12.5. The van der Waals surface area contributed by atoms with Crippen LogP contribution in [0.5, 0.6) is 5.95 Å². The summed E-state index contributed by atoms with van der Waals surface area (Å²) in [6, 6.07) is 7.20. The highest BCUT2D eigenvalue weighted by molar-refractivity contribution is 6.31. The molecule has 0 amide bonds. The molecule has 2 rings (SSSR count). The van der Waals surface area contributed by atoms with Crippen molar-refractivity contribution in [2.45, 2.75) is 13.8 Å². The van der Waals surface area contributed by atoms with Gasteiger partial charge in [-0.2, -0.15) is 0 Å². The van der Waals surface area contributed by atoms with Crippen LogP contribution < -0.4 is 4.74 Å². The molecule has 1 aromatic carbocycles. The van der Waals surface area contributed by atoms with E-state index in [1.807, 2.05) is 26.0 Å². The van der Waals surface area contributed by atoms with Gasteiger partial charge in [0.1, 0.15) is 5.58 Å². The molecule has 4 heteroatoms. The lowest BCUT2D eigenvalue weighted by Crippen LogP contribution is -2.25. The number of hydrogen-bond donors (Lipinski definition) is 1. The summed E-state index contributed by atoms with van der Waals surface area (Å²) in [5, 5.41) is 10.7. The number of halogens is 1. The van der Waals surface area contributed by atoms with E-state index in [1.165, 1.54) is 0 Å². The van der Waals surface area contributed by atoms with Crippen molar-refractivity contribution in [2.24, 2.45) is 5.41 Å². The fourth-order valence-electron chi connectivity index (χ4n) is 1.37. The van der Waals surface area contributed by atoms with Crippen LogP contribution in [0.25, 0.3) is 11.0 Å². The number of ether oxygens (including phenoxy) is 1. The molecule has 1 heterocycles. The van der Waals surface area contributed by atoms with Gasteiger partial charge in [-0.25, -0.2) is 0 Å². The Bertz CT molecular complexity index is 516. The van der Waals surface area contributed by atoms with Crippen LogP contribution >= 0.6 is 11.6 Å². The fourth-order valence-corrected chi connectivity index (χ4v) is 1.55. The Morgan fingerprint density at radius 1 is 1.35 bits per heavy atom. The van der Waals surface area contributed by atoms with Gasteiger partial charge in [0.2, 0.25) is 0 Å². The summed E-state index contributed by atoms with van der Waals surface area (Å²) in [6.07, 6.45) is 0. The molecule has 17 heavy (non-hydrogen) atoms. The zero-order valence-electron chi connectivity index (χ0n) is 9.87. The van der Waals surface area contributed by atoms with E-state index < -0.39 is 0 Å². The SMILES string of the molecule is CC(C)(CO)COc1cc2cc(Cl)ccc2o1. The maximum Gasteiger partial charge on any atom is 0.285 e. The first-order chi connectivity index (χ1) is 8.00. The van der Waals surface area contributed by atoms with Gasteiger partial charge in [0, 0.05) is 21.9 Å². The second-order valence-corrected chi connectivity index (χ2v) is 5.30. The zero-order valence-corrected chi connectivity index (χ0v) is 10.6.